The Morgan fingerprint density at radius 1 is 1.62 bits per heavy atom. The molecular formula is C6H8IN. The van der Waals surface area contributed by atoms with Crippen molar-refractivity contribution < 1.29 is 0 Å². The minimum absolute atomic E-state index is 1.04. The lowest BCUT2D eigenvalue weighted by molar-refractivity contribution is 0.987. The first-order valence-electron chi connectivity index (χ1n) is 2.52. The number of nitriles is 1. The first-order valence-corrected chi connectivity index (χ1v) is 4.05. The van der Waals surface area contributed by atoms with Crippen molar-refractivity contribution in [2.45, 2.75) is 12.8 Å². The van der Waals surface area contributed by atoms with Crippen LogP contribution < -0.4 is 0 Å². The third-order valence-corrected chi connectivity index (χ3v) is 1.46. The van der Waals surface area contributed by atoms with Gasteiger partial charge < -0.3 is 0 Å². The zero-order chi connectivity index (χ0) is 6.24. The Balaban J connectivity index is 2.94. The van der Waals surface area contributed by atoms with E-state index in [0.717, 1.165) is 6.42 Å². The normalized spacial score (nSPS) is 9.50. The van der Waals surface area contributed by atoms with Crippen LogP contribution in [-0.4, -0.2) is 4.43 Å². The summed E-state index contributed by atoms with van der Waals surface area (Å²) in [7, 11) is 0. The standard InChI is InChI=1S/C6H8IN/c7-5-3-1-2-4-6-8/h2,4H,1,3,5H2/b4-2+. The number of allylic oxidation sites excluding steroid dienone is 2. The first kappa shape index (κ1) is 7.96. The summed E-state index contributed by atoms with van der Waals surface area (Å²) in [6.07, 6.45) is 5.65. The maximum Gasteiger partial charge on any atom is 0.0908 e. The zero-order valence-corrected chi connectivity index (χ0v) is 6.76. The van der Waals surface area contributed by atoms with Gasteiger partial charge in [-0.05, 0) is 17.3 Å². The minimum Gasteiger partial charge on any atom is -0.193 e. The smallest absolute Gasteiger partial charge is 0.0908 e. The molecule has 0 amide bonds. The van der Waals surface area contributed by atoms with Crippen LogP contribution in [0.2, 0.25) is 0 Å². The fourth-order valence-corrected chi connectivity index (χ4v) is 0.771. The highest BCUT2D eigenvalue weighted by Crippen LogP contribution is 1.94. The van der Waals surface area contributed by atoms with E-state index in [-0.39, 0.29) is 0 Å². The van der Waals surface area contributed by atoms with Crippen LogP contribution in [0.25, 0.3) is 0 Å². The Kier molecular flexibility index (Phi) is 6.93. The van der Waals surface area contributed by atoms with Crippen molar-refractivity contribution in [3.05, 3.63) is 12.2 Å². The summed E-state index contributed by atoms with van der Waals surface area (Å²) in [6.45, 7) is 0. The molecule has 0 aromatic heterocycles. The third-order valence-electron chi connectivity index (χ3n) is 0.697. The molecule has 0 saturated carbocycles. The van der Waals surface area contributed by atoms with Crippen molar-refractivity contribution in [1.29, 1.82) is 5.26 Å². The van der Waals surface area contributed by atoms with E-state index in [4.69, 9.17) is 5.26 Å². The van der Waals surface area contributed by atoms with E-state index in [2.05, 4.69) is 22.6 Å². The summed E-state index contributed by atoms with van der Waals surface area (Å²) in [6, 6.07) is 1.94. The van der Waals surface area contributed by atoms with Crippen molar-refractivity contribution in [3.63, 3.8) is 0 Å². The number of alkyl halides is 1. The molecule has 0 rings (SSSR count). The third kappa shape index (κ3) is 5.96. The maximum atomic E-state index is 8.03. The molecule has 0 aromatic carbocycles. The molecule has 0 atom stereocenters. The second-order valence-corrected chi connectivity index (χ2v) is 2.44. The average Bonchev–Trinajstić information content (AvgIpc) is 1.81. The number of nitrogens with zero attached hydrogens (tertiary/aromatic N) is 1. The Hall–Kier alpha value is -0.0400. The summed E-state index contributed by atoms with van der Waals surface area (Å²) in [4.78, 5) is 0. The van der Waals surface area contributed by atoms with Gasteiger partial charge in [0.25, 0.3) is 0 Å². The van der Waals surface area contributed by atoms with E-state index in [1.807, 2.05) is 12.1 Å². The van der Waals surface area contributed by atoms with Gasteiger partial charge in [0.15, 0.2) is 0 Å². The molecule has 0 aromatic rings. The van der Waals surface area contributed by atoms with Gasteiger partial charge >= 0.3 is 0 Å². The molecule has 0 spiro atoms. The quantitative estimate of drug-likeness (QED) is 0.310. The van der Waals surface area contributed by atoms with Crippen LogP contribution in [-0.2, 0) is 0 Å². The van der Waals surface area contributed by atoms with Crippen LogP contribution in [0.5, 0.6) is 0 Å². The van der Waals surface area contributed by atoms with Crippen LogP contribution in [0, 0.1) is 11.3 Å². The SMILES string of the molecule is N#C/C=C/CCCI. The number of halogens is 1. The summed E-state index contributed by atoms with van der Waals surface area (Å²) < 4.78 is 1.17. The van der Waals surface area contributed by atoms with Gasteiger partial charge in [-0.2, -0.15) is 5.26 Å². The fraction of sp³-hybridized carbons (Fsp3) is 0.500. The lowest BCUT2D eigenvalue weighted by Crippen LogP contribution is -1.68. The minimum atomic E-state index is 1.04. The van der Waals surface area contributed by atoms with E-state index < -0.39 is 0 Å². The van der Waals surface area contributed by atoms with E-state index in [0.29, 0.717) is 0 Å². The highest BCUT2D eigenvalue weighted by atomic mass is 127. The lowest BCUT2D eigenvalue weighted by Gasteiger charge is -1.81. The van der Waals surface area contributed by atoms with Gasteiger partial charge in [0.05, 0.1) is 6.07 Å². The molecule has 0 N–H and O–H groups in total. The summed E-state index contributed by atoms with van der Waals surface area (Å²) >= 11 is 2.32. The monoisotopic (exact) mass is 221 g/mol. The van der Waals surface area contributed by atoms with Crippen molar-refractivity contribution in [2.75, 3.05) is 4.43 Å². The molecule has 8 heavy (non-hydrogen) atoms. The van der Waals surface area contributed by atoms with Crippen LogP contribution in [0.15, 0.2) is 12.2 Å². The van der Waals surface area contributed by atoms with Gasteiger partial charge in [-0.1, -0.05) is 28.7 Å². The van der Waals surface area contributed by atoms with Gasteiger partial charge in [-0.25, -0.2) is 0 Å². The molecule has 0 bridgehead atoms. The highest BCUT2D eigenvalue weighted by molar-refractivity contribution is 14.1. The topological polar surface area (TPSA) is 23.8 Å². The molecule has 0 heterocycles. The zero-order valence-electron chi connectivity index (χ0n) is 4.60. The van der Waals surface area contributed by atoms with Crippen LogP contribution in [0.4, 0.5) is 0 Å². The molecule has 44 valence electrons. The molecule has 1 nitrogen and oxygen atoms in total. The van der Waals surface area contributed by atoms with Gasteiger partial charge in [0, 0.05) is 6.08 Å². The van der Waals surface area contributed by atoms with Gasteiger partial charge in [-0.3, -0.25) is 0 Å². The molecule has 2 heteroatoms. The van der Waals surface area contributed by atoms with Crippen LogP contribution >= 0.6 is 22.6 Å². The highest BCUT2D eigenvalue weighted by Gasteiger charge is 1.75. The second kappa shape index (κ2) is 6.96. The maximum absolute atomic E-state index is 8.03. The number of hydrogen-bond donors (Lipinski definition) is 0. The average molecular weight is 221 g/mol. The van der Waals surface area contributed by atoms with Crippen molar-refractivity contribution in [3.8, 4) is 6.07 Å². The summed E-state index contributed by atoms with van der Waals surface area (Å²) in [5.41, 5.74) is 0. The molecular weight excluding hydrogens is 213 g/mol. The van der Waals surface area contributed by atoms with E-state index in [1.165, 1.54) is 16.9 Å². The molecule has 0 unspecified atom stereocenters. The van der Waals surface area contributed by atoms with Gasteiger partial charge in [0.2, 0.25) is 0 Å². The Bertz CT molecular complexity index is 102. The Morgan fingerprint density at radius 3 is 2.88 bits per heavy atom. The Labute approximate surface area is 63.5 Å². The molecule has 0 aliphatic carbocycles. The largest absolute Gasteiger partial charge is 0.193 e. The molecule has 0 fully saturated rings. The van der Waals surface area contributed by atoms with Gasteiger partial charge in [-0.15, -0.1) is 0 Å². The van der Waals surface area contributed by atoms with E-state index >= 15 is 0 Å². The summed E-state index contributed by atoms with van der Waals surface area (Å²) in [5, 5.41) is 8.03. The number of rotatable bonds is 3. The van der Waals surface area contributed by atoms with Crippen molar-refractivity contribution in [1.82, 2.24) is 0 Å². The number of hydrogen-bond acceptors (Lipinski definition) is 1. The van der Waals surface area contributed by atoms with Crippen LogP contribution in [0.3, 0.4) is 0 Å². The second-order valence-electron chi connectivity index (χ2n) is 1.36. The van der Waals surface area contributed by atoms with Gasteiger partial charge in [0.1, 0.15) is 0 Å². The summed E-state index contributed by atoms with van der Waals surface area (Å²) in [5.74, 6) is 0. The lowest BCUT2D eigenvalue weighted by atomic mass is 10.3. The fourth-order valence-electron chi connectivity index (χ4n) is 0.331. The predicted molar refractivity (Wildman–Crippen MR) is 42.9 cm³/mol. The van der Waals surface area contributed by atoms with Crippen LogP contribution in [0.1, 0.15) is 12.8 Å². The van der Waals surface area contributed by atoms with E-state index in [9.17, 15) is 0 Å². The molecule has 0 aliphatic heterocycles. The molecule has 0 aliphatic rings. The predicted octanol–water partition coefficient (Wildman–Crippen LogP) is 2.28. The van der Waals surface area contributed by atoms with Crippen molar-refractivity contribution >= 4 is 22.6 Å². The number of unbranched alkanes of at least 4 members (excludes halogenated alkanes) is 1. The Morgan fingerprint density at radius 2 is 2.38 bits per heavy atom. The molecule has 0 saturated heterocycles. The van der Waals surface area contributed by atoms with E-state index in [1.54, 1.807) is 0 Å². The first-order chi connectivity index (χ1) is 3.91. The van der Waals surface area contributed by atoms with Crippen molar-refractivity contribution in [2.24, 2.45) is 0 Å². The molecule has 0 radical (unpaired) electrons.